The number of hydrogen-bond acceptors (Lipinski definition) is 3. The van der Waals surface area contributed by atoms with Gasteiger partial charge in [0.15, 0.2) is 0 Å². The summed E-state index contributed by atoms with van der Waals surface area (Å²) in [6.45, 7) is 6.44. The normalized spacial score (nSPS) is 18.5. The van der Waals surface area contributed by atoms with Crippen LogP contribution in [0, 0.1) is 5.92 Å². The van der Waals surface area contributed by atoms with Crippen LogP contribution < -0.4 is 5.32 Å². The third-order valence-electron chi connectivity index (χ3n) is 3.79. The molecule has 0 radical (unpaired) electrons. The zero-order chi connectivity index (χ0) is 13.7. The van der Waals surface area contributed by atoms with E-state index in [0.717, 1.165) is 31.8 Å². The van der Waals surface area contributed by atoms with E-state index in [0.29, 0.717) is 5.92 Å². The van der Waals surface area contributed by atoms with E-state index in [-0.39, 0.29) is 12.1 Å². The van der Waals surface area contributed by atoms with E-state index in [4.69, 9.17) is 4.74 Å². The Morgan fingerprint density at radius 2 is 2.21 bits per heavy atom. The Labute approximate surface area is 116 Å². The Kier molecular flexibility index (Phi) is 5.40. The van der Waals surface area contributed by atoms with Gasteiger partial charge in [-0.05, 0) is 38.1 Å². The highest BCUT2D eigenvalue weighted by atomic mass is 16.5. The van der Waals surface area contributed by atoms with Gasteiger partial charge < -0.3 is 14.6 Å². The van der Waals surface area contributed by atoms with E-state index < -0.39 is 0 Å². The monoisotopic (exact) mass is 265 g/mol. The first kappa shape index (κ1) is 14.5. The van der Waals surface area contributed by atoms with E-state index >= 15 is 0 Å². The number of methoxy groups -OCH3 is 1. The fraction of sp³-hybridized carbons (Fsp3) is 0.800. The molecule has 1 aromatic rings. The highest BCUT2D eigenvalue weighted by Gasteiger charge is 2.38. The summed E-state index contributed by atoms with van der Waals surface area (Å²) in [5, 5.41) is 3.63. The summed E-state index contributed by atoms with van der Waals surface area (Å²) >= 11 is 0. The largest absolute Gasteiger partial charge is 0.379 e. The molecule has 1 aromatic heterocycles. The molecule has 2 rings (SSSR count). The molecule has 0 bridgehead atoms. The lowest BCUT2D eigenvalue weighted by Crippen LogP contribution is -2.37. The first-order valence-corrected chi connectivity index (χ1v) is 7.59. The van der Waals surface area contributed by atoms with Crippen molar-refractivity contribution in [3.05, 3.63) is 18.2 Å². The van der Waals surface area contributed by atoms with E-state index in [1.165, 1.54) is 12.8 Å². The number of hydrogen-bond donors (Lipinski definition) is 1. The average molecular weight is 265 g/mol. The van der Waals surface area contributed by atoms with Gasteiger partial charge in [0.1, 0.15) is 5.82 Å². The lowest BCUT2D eigenvalue weighted by molar-refractivity contribution is 0.0469. The van der Waals surface area contributed by atoms with Crippen molar-refractivity contribution in [2.45, 2.75) is 58.2 Å². The van der Waals surface area contributed by atoms with Gasteiger partial charge in [-0.25, -0.2) is 4.98 Å². The minimum absolute atomic E-state index is 0.221. The molecule has 0 spiro atoms. The maximum absolute atomic E-state index is 5.77. The number of aryl methyl sites for hydroxylation is 1. The summed E-state index contributed by atoms with van der Waals surface area (Å²) in [6.07, 6.45) is 9.08. The third-order valence-corrected chi connectivity index (χ3v) is 3.79. The van der Waals surface area contributed by atoms with Gasteiger partial charge >= 0.3 is 0 Å². The third kappa shape index (κ3) is 3.57. The molecule has 1 fully saturated rings. The van der Waals surface area contributed by atoms with Crippen LogP contribution in [0.5, 0.6) is 0 Å². The quantitative estimate of drug-likeness (QED) is 0.746. The highest BCUT2D eigenvalue weighted by molar-refractivity contribution is 5.05. The molecule has 4 nitrogen and oxygen atoms in total. The fourth-order valence-corrected chi connectivity index (χ4v) is 2.71. The Morgan fingerprint density at radius 3 is 2.79 bits per heavy atom. The summed E-state index contributed by atoms with van der Waals surface area (Å²) in [6, 6.07) is 0.221. The van der Waals surface area contributed by atoms with Crippen molar-refractivity contribution in [1.29, 1.82) is 0 Å². The topological polar surface area (TPSA) is 39.1 Å². The van der Waals surface area contributed by atoms with Crippen LogP contribution in [-0.4, -0.2) is 29.3 Å². The lowest BCUT2D eigenvalue weighted by Gasteiger charge is -2.27. The molecule has 1 aliphatic rings. The Balaban J connectivity index is 2.17. The van der Waals surface area contributed by atoms with Crippen molar-refractivity contribution < 1.29 is 4.74 Å². The van der Waals surface area contributed by atoms with Gasteiger partial charge in [0, 0.05) is 26.0 Å². The Morgan fingerprint density at radius 1 is 1.42 bits per heavy atom. The Hall–Kier alpha value is -0.870. The average Bonchev–Trinajstić information content (AvgIpc) is 3.15. The molecule has 1 aliphatic carbocycles. The predicted molar refractivity (Wildman–Crippen MR) is 77.1 cm³/mol. The van der Waals surface area contributed by atoms with Crippen molar-refractivity contribution in [3.8, 4) is 0 Å². The van der Waals surface area contributed by atoms with Crippen LogP contribution in [0.15, 0.2) is 12.4 Å². The Bertz CT molecular complexity index is 373. The summed E-state index contributed by atoms with van der Waals surface area (Å²) in [5.74, 6) is 1.83. The number of ether oxygens (including phenoxy) is 1. The van der Waals surface area contributed by atoms with Gasteiger partial charge in [-0.15, -0.1) is 0 Å². The number of imidazole rings is 1. The molecule has 1 heterocycles. The number of rotatable bonds is 9. The van der Waals surface area contributed by atoms with Gasteiger partial charge in [0.25, 0.3) is 0 Å². The van der Waals surface area contributed by atoms with Crippen molar-refractivity contribution in [3.63, 3.8) is 0 Å². The van der Waals surface area contributed by atoms with Gasteiger partial charge in [-0.3, -0.25) is 0 Å². The van der Waals surface area contributed by atoms with Gasteiger partial charge in [-0.2, -0.15) is 0 Å². The molecule has 4 heteroatoms. The number of nitrogens with one attached hydrogen (secondary N) is 1. The second kappa shape index (κ2) is 7.06. The molecule has 1 saturated carbocycles. The van der Waals surface area contributed by atoms with E-state index in [1.54, 1.807) is 0 Å². The fourth-order valence-electron chi connectivity index (χ4n) is 2.71. The van der Waals surface area contributed by atoms with Crippen LogP contribution in [0.1, 0.15) is 51.4 Å². The van der Waals surface area contributed by atoms with E-state index in [1.807, 2.05) is 13.3 Å². The van der Waals surface area contributed by atoms with Crippen LogP contribution in [0.25, 0.3) is 0 Å². The summed E-state index contributed by atoms with van der Waals surface area (Å²) in [7, 11) is 1.83. The molecular formula is C15H27N3O. The zero-order valence-corrected chi connectivity index (χ0v) is 12.4. The van der Waals surface area contributed by atoms with Crippen molar-refractivity contribution >= 4 is 0 Å². The minimum Gasteiger partial charge on any atom is -0.379 e. The first-order chi connectivity index (χ1) is 9.31. The van der Waals surface area contributed by atoms with Crippen molar-refractivity contribution in [2.24, 2.45) is 5.92 Å². The maximum atomic E-state index is 5.77. The summed E-state index contributed by atoms with van der Waals surface area (Å²) < 4.78 is 8.04. The van der Waals surface area contributed by atoms with Crippen molar-refractivity contribution in [1.82, 2.24) is 14.9 Å². The van der Waals surface area contributed by atoms with Gasteiger partial charge in [0.05, 0.1) is 12.1 Å². The van der Waals surface area contributed by atoms with Crippen LogP contribution in [0.3, 0.4) is 0 Å². The minimum atomic E-state index is 0.221. The zero-order valence-electron chi connectivity index (χ0n) is 12.4. The van der Waals surface area contributed by atoms with E-state index in [2.05, 4.69) is 34.9 Å². The maximum Gasteiger partial charge on any atom is 0.128 e. The van der Waals surface area contributed by atoms with E-state index in [9.17, 15) is 0 Å². The predicted octanol–water partition coefficient (Wildman–Crippen LogP) is 2.76. The summed E-state index contributed by atoms with van der Waals surface area (Å²) in [4.78, 5) is 4.59. The first-order valence-electron chi connectivity index (χ1n) is 7.59. The van der Waals surface area contributed by atoms with Crippen LogP contribution >= 0.6 is 0 Å². The number of nitrogens with zero attached hydrogens (tertiary/aromatic N) is 2. The summed E-state index contributed by atoms with van der Waals surface area (Å²) in [5.41, 5.74) is 0. The molecule has 108 valence electrons. The second-order valence-corrected chi connectivity index (χ2v) is 5.45. The SMILES string of the molecule is CCCNC(c1nccn1CCC)C(OC)C1CC1. The van der Waals surface area contributed by atoms with Gasteiger partial charge in [0.2, 0.25) is 0 Å². The van der Waals surface area contributed by atoms with Crippen LogP contribution in [-0.2, 0) is 11.3 Å². The molecule has 0 aliphatic heterocycles. The molecule has 0 saturated heterocycles. The lowest BCUT2D eigenvalue weighted by atomic mass is 10.1. The second-order valence-electron chi connectivity index (χ2n) is 5.45. The van der Waals surface area contributed by atoms with Gasteiger partial charge in [-0.1, -0.05) is 13.8 Å². The van der Waals surface area contributed by atoms with Crippen LogP contribution in [0.4, 0.5) is 0 Å². The molecule has 1 N–H and O–H groups in total. The number of aromatic nitrogens is 2. The van der Waals surface area contributed by atoms with Crippen molar-refractivity contribution in [2.75, 3.05) is 13.7 Å². The molecule has 2 atom stereocenters. The standard InChI is InChI=1S/C15H27N3O/c1-4-8-16-13(14(19-3)12-6-7-12)15-17-9-11-18(15)10-5-2/h9,11-14,16H,4-8,10H2,1-3H3. The molecule has 2 unspecified atom stereocenters. The molecule has 0 amide bonds. The molecule has 19 heavy (non-hydrogen) atoms. The van der Waals surface area contributed by atoms with Crippen LogP contribution in [0.2, 0.25) is 0 Å². The smallest absolute Gasteiger partial charge is 0.128 e. The molecule has 0 aromatic carbocycles. The molecular weight excluding hydrogens is 238 g/mol. The highest BCUT2D eigenvalue weighted by Crippen LogP contribution is 2.39.